The second-order valence-electron chi connectivity index (χ2n) is 9.93. The van der Waals surface area contributed by atoms with Gasteiger partial charge in [-0.15, -0.1) is 0 Å². The Kier molecular flexibility index (Phi) is 7.53. The summed E-state index contributed by atoms with van der Waals surface area (Å²) < 4.78 is 61.0. The van der Waals surface area contributed by atoms with Crippen LogP contribution in [0, 0.1) is 11.3 Å². The summed E-state index contributed by atoms with van der Waals surface area (Å²) in [7, 11) is 2.75. The van der Waals surface area contributed by atoms with Gasteiger partial charge in [-0.25, -0.2) is 14.5 Å². The lowest BCUT2D eigenvalue weighted by Gasteiger charge is -2.26. The van der Waals surface area contributed by atoms with E-state index >= 15 is 0 Å². The largest absolute Gasteiger partial charge is 0.475 e. The molecule has 44 heavy (non-hydrogen) atoms. The summed E-state index contributed by atoms with van der Waals surface area (Å²) in [6, 6.07) is 2.79. The lowest BCUT2D eigenvalue weighted by atomic mass is 10.2. The van der Waals surface area contributed by atoms with Crippen LogP contribution in [-0.4, -0.2) is 78.1 Å². The fraction of sp³-hybridized carbons (Fsp3) is 0.333. The molecule has 5 aromatic heterocycles. The molecule has 0 amide bonds. The van der Waals surface area contributed by atoms with Crippen molar-refractivity contribution in [2.75, 3.05) is 44.8 Å². The molecule has 6 rings (SSSR count). The van der Waals surface area contributed by atoms with Crippen molar-refractivity contribution in [1.82, 2.24) is 38.6 Å². The van der Waals surface area contributed by atoms with Gasteiger partial charge in [0.25, 0.3) is 5.56 Å². The normalized spacial score (nSPS) is 14.2. The van der Waals surface area contributed by atoms with Crippen LogP contribution in [0.1, 0.15) is 11.1 Å². The van der Waals surface area contributed by atoms with E-state index in [1.807, 2.05) is 0 Å². The van der Waals surface area contributed by atoms with E-state index in [1.54, 1.807) is 6.20 Å². The van der Waals surface area contributed by atoms with Gasteiger partial charge in [0.05, 0.1) is 43.6 Å². The predicted octanol–water partition coefficient (Wildman–Crippen LogP) is 2.85. The number of pyridine rings is 2. The van der Waals surface area contributed by atoms with Gasteiger partial charge in [0.15, 0.2) is 17.1 Å². The molecule has 5 aromatic rings. The maximum Gasteiger partial charge on any atom is 0.417 e. The van der Waals surface area contributed by atoms with Crippen molar-refractivity contribution >= 4 is 28.3 Å². The number of hydrogen-bond donors (Lipinski definition) is 1. The van der Waals surface area contributed by atoms with E-state index in [-0.39, 0.29) is 34.1 Å². The molecule has 1 N–H and O–H groups in total. The Morgan fingerprint density at radius 3 is 2.66 bits per heavy atom. The summed E-state index contributed by atoms with van der Waals surface area (Å²) in [6.07, 6.45) is 1.96. The second-order valence-corrected chi connectivity index (χ2v) is 9.93. The van der Waals surface area contributed by atoms with Gasteiger partial charge in [0, 0.05) is 39.9 Å². The zero-order chi connectivity index (χ0) is 31.0. The molecule has 0 saturated carbocycles. The third-order valence-electron chi connectivity index (χ3n) is 7.06. The Bertz CT molecular complexity index is 1950. The minimum Gasteiger partial charge on any atom is -0.475 e. The van der Waals surface area contributed by atoms with Gasteiger partial charge in [-0.3, -0.25) is 9.69 Å². The van der Waals surface area contributed by atoms with Crippen LogP contribution in [0.4, 0.5) is 24.8 Å². The van der Waals surface area contributed by atoms with Crippen LogP contribution in [-0.2, 0) is 25.0 Å². The third-order valence-corrected chi connectivity index (χ3v) is 7.06. The monoisotopic (exact) mass is 610 g/mol. The molecule has 228 valence electrons. The van der Waals surface area contributed by atoms with Crippen LogP contribution < -0.4 is 20.3 Å². The molecule has 0 bridgehead atoms. The minimum atomic E-state index is -4.67. The summed E-state index contributed by atoms with van der Waals surface area (Å²) in [6.45, 7) is 4.31. The first-order valence-corrected chi connectivity index (χ1v) is 13.4. The van der Waals surface area contributed by atoms with Gasteiger partial charge in [0.1, 0.15) is 35.0 Å². The Labute approximate surface area is 246 Å². The molecule has 0 spiro atoms. The van der Waals surface area contributed by atoms with Crippen LogP contribution in [0.5, 0.6) is 17.4 Å². The van der Waals surface area contributed by atoms with Gasteiger partial charge >= 0.3 is 6.18 Å². The van der Waals surface area contributed by atoms with Crippen molar-refractivity contribution in [2.24, 2.45) is 14.1 Å². The van der Waals surface area contributed by atoms with Crippen LogP contribution in [0.15, 0.2) is 41.8 Å². The fourth-order valence-electron chi connectivity index (χ4n) is 4.75. The van der Waals surface area contributed by atoms with E-state index in [9.17, 15) is 23.2 Å². The quantitative estimate of drug-likeness (QED) is 0.276. The topological polar surface area (TPSA) is 150 Å². The number of ether oxygens (including phenoxy) is 3. The number of aryl methyl sites for hydroxylation is 2. The van der Waals surface area contributed by atoms with E-state index in [0.717, 1.165) is 24.2 Å². The van der Waals surface area contributed by atoms with Crippen molar-refractivity contribution in [1.29, 1.82) is 5.26 Å². The molecule has 0 aromatic carbocycles. The molecule has 0 radical (unpaired) electrons. The number of nitrogens with zero attached hydrogens (tertiary/aromatic N) is 9. The Morgan fingerprint density at radius 1 is 1.11 bits per heavy atom. The minimum absolute atomic E-state index is 0.00101. The van der Waals surface area contributed by atoms with Crippen LogP contribution >= 0.6 is 0 Å². The van der Waals surface area contributed by atoms with Gasteiger partial charge in [-0.05, 0) is 6.07 Å². The van der Waals surface area contributed by atoms with Crippen LogP contribution in [0.3, 0.4) is 0 Å². The van der Waals surface area contributed by atoms with E-state index < -0.39 is 17.3 Å². The first kappa shape index (κ1) is 28.9. The number of hydrogen-bond acceptors (Lipinski definition) is 11. The molecule has 6 heterocycles. The van der Waals surface area contributed by atoms with E-state index in [4.69, 9.17) is 14.2 Å². The second kappa shape index (κ2) is 11.5. The molecule has 0 unspecified atom stereocenters. The van der Waals surface area contributed by atoms with E-state index in [1.165, 1.54) is 41.8 Å². The number of halogens is 3. The number of rotatable bonds is 8. The first-order valence-electron chi connectivity index (χ1n) is 13.4. The maximum atomic E-state index is 13.3. The fourth-order valence-corrected chi connectivity index (χ4v) is 4.75. The van der Waals surface area contributed by atoms with Crippen LogP contribution in [0.25, 0.3) is 16.7 Å². The van der Waals surface area contributed by atoms with Gasteiger partial charge in [-0.2, -0.15) is 28.5 Å². The summed E-state index contributed by atoms with van der Waals surface area (Å²) in [5, 5.41) is 17.0. The zero-order valence-electron chi connectivity index (χ0n) is 23.5. The zero-order valence-corrected chi connectivity index (χ0v) is 23.5. The van der Waals surface area contributed by atoms with Crippen LogP contribution in [0.2, 0.25) is 0 Å². The molecule has 1 aliphatic heterocycles. The van der Waals surface area contributed by atoms with E-state index in [0.29, 0.717) is 49.2 Å². The Hall–Kier alpha value is -5.21. The van der Waals surface area contributed by atoms with Gasteiger partial charge < -0.3 is 28.7 Å². The highest BCUT2D eigenvalue weighted by Gasteiger charge is 2.32. The highest BCUT2D eigenvalue weighted by Crippen LogP contribution is 2.34. The summed E-state index contributed by atoms with van der Waals surface area (Å²) >= 11 is 0. The number of imidazole rings is 1. The molecule has 17 heteroatoms. The summed E-state index contributed by atoms with van der Waals surface area (Å²) in [4.78, 5) is 27.7. The van der Waals surface area contributed by atoms with Crippen molar-refractivity contribution in [3.05, 3.63) is 58.5 Å². The molecule has 1 saturated heterocycles. The molecular formula is C27H25F3N10O4. The van der Waals surface area contributed by atoms with Crippen molar-refractivity contribution in [3.8, 4) is 23.4 Å². The number of nitrogens with one attached hydrogen (secondary N) is 1. The number of nitriles is 1. The van der Waals surface area contributed by atoms with Gasteiger partial charge in [-0.1, -0.05) is 0 Å². The summed E-state index contributed by atoms with van der Waals surface area (Å²) in [5.74, 6) is 0.763. The smallest absolute Gasteiger partial charge is 0.417 e. The van der Waals surface area contributed by atoms with Gasteiger partial charge in [0.2, 0.25) is 11.8 Å². The number of morpholine rings is 1. The average Bonchev–Trinajstić information content (AvgIpc) is 3.55. The molecule has 1 fully saturated rings. The SMILES string of the molecule is Cn1cc(C(F)(F)F)cc(Nc2nc3ncc(Oc4cnn5cc(OCCN6CCOCC6)ncc45)c(C#N)c3n2C)c1=O. The lowest BCUT2D eigenvalue weighted by molar-refractivity contribution is -0.138. The number of alkyl halides is 3. The highest BCUT2D eigenvalue weighted by atomic mass is 19.4. The first-order chi connectivity index (χ1) is 21.1. The van der Waals surface area contributed by atoms with Crippen molar-refractivity contribution < 1.29 is 27.4 Å². The average molecular weight is 611 g/mol. The maximum absolute atomic E-state index is 13.3. The molecule has 0 aliphatic carbocycles. The Morgan fingerprint density at radius 2 is 1.91 bits per heavy atom. The molecular weight excluding hydrogens is 585 g/mol. The molecule has 14 nitrogen and oxygen atoms in total. The third kappa shape index (κ3) is 5.59. The predicted molar refractivity (Wildman–Crippen MR) is 149 cm³/mol. The number of fused-ring (bicyclic) bond motifs is 2. The standard InChI is InChI=1S/C27H25F3N10O4/c1-37-14-16(27(28,29)30)9-18(25(37)41)35-26-36-24-23(38(26)2)17(10-31)20(12-33-24)44-21-13-34-40-15-22(32-11-19(21)40)43-8-5-39-3-6-42-7-4-39/h9,11-15H,3-8H2,1-2H3,(H,33,35,36). The lowest BCUT2D eigenvalue weighted by Crippen LogP contribution is -2.38. The molecule has 1 aliphatic rings. The molecule has 0 atom stereocenters. The van der Waals surface area contributed by atoms with E-state index in [2.05, 4.69) is 36.3 Å². The van der Waals surface area contributed by atoms with Crippen molar-refractivity contribution in [2.45, 2.75) is 6.18 Å². The number of anilines is 2. The Balaban J connectivity index is 1.24. The number of aromatic nitrogens is 7. The highest BCUT2D eigenvalue weighted by molar-refractivity contribution is 5.84. The van der Waals surface area contributed by atoms with Crippen molar-refractivity contribution in [3.63, 3.8) is 0 Å². The summed E-state index contributed by atoms with van der Waals surface area (Å²) in [5.41, 5.74) is -1.14.